The van der Waals surface area contributed by atoms with E-state index in [-0.39, 0.29) is 74.4 Å². The first-order valence-corrected chi connectivity index (χ1v) is 31.0. The van der Waals surface area contributed by atoms with Gasteiger partial charge in [0, 0.05) is 70.2 Å². The van der Waals surface area contributed by atoms with Crippen LogP contribution >= 0.6 is 0 Å². The molecule has 4 aromatic carbocycles. The summed E-state index contributed by atoms with van der Waals surface area (Å²) in [4.78, 5) is 60.5. The highest BCUT2D eigenvalue weighted by Crippen LogP contribution is 2.56. The summed E-state index contributed by atoms with van der Waals surface area (Å²) in [5, 5.41) is 55.0. The number of hydrogen-bond acceptors (Lipinski definition) is 12. The van der Waals surface area contributed by atoms with Gasteiger partial charge in [-0.3, -0.25) is 19.2 Å². The summed E-state index contributed by atoms with van der Waals surface area (Å²) in [6.45, 7) is 49.7. The number of benzene rings is 4. The van der Waals surface area contributed by atoms with E-state index in [2.05, 4.69) is 166 Å². The van der Waals surface area contributed by atoms with Crippen LogP contribution in [-0.4, -0.2) is 50.5 Å². The van der Waals surface area contributed by atoms with Gasteiger partial charge in [0.2, 0.25) is 0 Å². The molecule has 464 valence electrons. The van der Waals surface area contributed by atoms with Crippen molar-refractivity contribution in [2.45, 2.75) is 293 Å². The molecule has 0 fully saturated rings. The maximum Gasteiger partial charge on any atom is 0.619 e. The number of hydrogen-bond donors (Lipinski definition) is 4. The summed E-state index contributed by atoms with van der Waals surface area (Å²) >= 11 is 0. The molecule has 8 rings (SSSR count). The Morgan fingerprint density at radius 3 is 0.482 bits per heavy atom. The van der Waals surface area contributed by atoms with Gasteiger partial charge in [0.05, 0.1) is 0 Å². The van der Waals surface area contributed by atoms with Crippen molar-refractivity contribution >= 4 is 23.9 Å². The van der Waals surface area contributed by atoms with Crippen molar-refractivity contribution in [1.82, 2.24) is 0 Å². The average molecular weight is 1170 g/mol. The molecule has 0 saturated heterocycles. The minimum atomic E-state index is -3.30. The standard InChI is InChI=1S/C73H100O12/c1-65(2,3)53-41-33-42-38-26-30-50(75)83-73-82-49(74)29-25-37(41)43(54(61(53)78)66(4,5)6)34-44-39(27-31-51(76)84-73)47(59(71(19,20)21)63(80)56(44)68(10,11)12)36-48-40(28-32-52(77)85-73)46(58(70(16,17)18)64(81)60(48)72(22,23)24)35-45(38)57(69(13,14)15)62(79)55(42)67(7,8)9/h78-81H,25-36H2,1-24H3. The maximum atomic E-state index is 15.1. The molecule has 4 heterocycles. The zero-order valence-corrected chi connectivity index (χ0v) is 56.0. The molecule has 0 atom stereocenters. The van der Waals surface area contributed by atoms with E-state index in [1.54, 1.807) is 0 Å². The molecule has 4 aromatic rings. The lowest BCUT2D eigenvalue weighted by molar-refractivity contribution is -0.432. The Hall–Kier alpha value is -6.04. The van der Waals surface area contributed by atoms with Crippen LogP contribution in [0, 0.1) is 0 Å². The first-order chi connectivity index (χ1) is 38.5. The van der Waals surface area contributed by atoms with Crippen molar-refractivity contribution in [2.24, 2.45) is 0 Å². The summed E-state index contributed by atoms with van der Waals surface area (Å²) in [6, 6.07) is 0. The zero-order valence-electron chi connectivity index (χ0n) is 56.0. The lowest BCUT2D eigenvalue weighted by Crippen LogP contribution is -2.48. The smallest absolute Gasteiger partial charge is 0.507 e. The monoisotopic (exact) mass is 1170 g/mol. The van der Waals surface area contributed by atoms with E-state index in [4.69, 9.17) is 18.9 Å². The summed E-state index contributed by atoms with van der Waals surface area (Å²) in [7, 11) is 0. The largest absolute Gasteiger partial charge is 0.619 e. The van der Waals surface area contributed by atoms with Crippen LogP contribution in [0.25, 0.3) is 0 Å². The fourth-order valence-electron chi connectivity index (χ4n) is 15.3. The van der Waals surface area contributed by atoms with Crippen LogP contribution in [0.4, 0.5) is 0 Å². The highest BCUT2D eigenvalue weighted by Gasteiger charge is 2.51. The van der Waals surface area contributed by atoms with E-state index in [0.717, 1.165) is 66.8 Å². The molecule has 5 bridgehead atoms. The highest BCUT2D eigenvalue weighted by atomic mass is 17.0. The molecule has 0 saturated carbocycles. The number of carbonyl (C=O) groups is 4. The summed E-state index contributed by atoms with van der Waals surface area (Å²) < 4.78 is 24.6. The second kappa shape index (κ2) is 21.1. The molecule has 4 N–H and O–H groups in total. The van der Waals surface area contributed by atoms with Crippen molar-refractivity contribution in [1.29, 1.82) is 0 Å². The van der Waals surface area contributed by atoms with Crippen LogP contribution in [0.3, 0.4) is 0 Å². The van der Waals surface area contributed by atoms with Crippen LogP contribution in [-0.2, 0) is 133 Å². The number of phenols is 4. The fourth-order valence-corrected chi connectivity index (χ4v) is 15.3. The van der Waals surface area contributed by atoms with E-state index in [1.807, 2.05) is 0 Å². The Balaban J connectivity index is 1.88. The van der Waals surface area contributed by atoms with Gasteiger partial charge in [-0.05, 0) is 161 Å². The van der Waals surface area contributed by atoms with Gasteiger partial charge in [-0.25, -0.2) is 0 Å². The zero-order chi connectivity index (χ0) is 64.0. The predicted molar refractivity (Wildman–Crippen MR) is 334 cm³/mol. The molecule has 0 amide bonds. The van der Waals surface area contributed by atoms with E-state index >= 15 is 19.2 Å². The number of fused-ring (bicyclic) bond motifs is 12. The molecule has 0 unspecified atom stereocenters. The van der Waals surface area contributed by atoms with E-state index < -0.39 is 99.0 Å². The lowest BCUT2D eigenvalue weighted by atomic mass is 9.65. The summed E-state index contributed by atoms with van der Waals surface area (Å²) in [5.74, 6) is -3.57. The van der Waals surface area contributed by atoms with Crippen molar-refractivity contribution in [3.63, 3.8) is 0 Å². The number of ether oxygens (including phenoxy) is 4. The fraction of sp³-hybridized carbons (Fsp3) is 0.616. The molecule has 0 radical (unpaired) electrons. The second-order valence-corrected chi connectivity index (χ2v) is 33.2. The lowest BCUT2D eigenvalue weighted by Gasteiger charge is -2.40. The predicted octanol–water partition coefficient (Wildman–Crippen LogP) is 15.1. The molecule has 1 spiro atoms. The Kier molecular flexibility index (Phi) is 16.1. The highest BCUT2D eigenvalue weighted by molar-refractivity contribution is 5.79. The van der Waals surface area contributed by atoms with Crippen LogP contribution in [0.5, 0.6) is 23.0 Å². The Morgan fingerprint density at radius 2 is 0.365 bits per heavy atom. The molecule has 4 aliphatic heterocycles. The average Bonchev–Trinajstić information content (AvgIpc) is 0.948. The van der Waals surface area contributed by atoms with Crippen LogP contribution < -0.4 is 0 Å². The van der Waals surface area contributed by atoms with Gasteiger partial charge >= 0.3 is 30.0 Å². The van der Waals surface area contributed by atoms with Crippen molar-refractivity contribution < 1.29 is 58.6 Å². The molecular formula is C73H100O12. The quantitative estimate of drug-likeness (QED) is 0.108. The number of phenolic OH excluding ortho intramolecular Hbond substituents is 4. The number of aromatic hydroxyl groups is 4. The van der Waals surface area contributed by atoms with Gasteiger partial charge in [0.25, 0.3) is 0 Å². The van der Waals surface area contributed by atoms with Gasteiger partial charge in [0.15, 0.2) is 0 Å². The third-order valence-corrected chi connectivity index (χ3v) is 17.9. The Bertz CT molecular complexity index is 2830. The topological polar surface area (TPSA) is 186 Å². The molecule has 12 nitrogen and oxygen atoms in total. The first kappa shape index (κ1) is 64.9. The minimum Gasteiger partial charge on any atom is -0.507 e. The number of carbonyl (C=O) groups excluding carboxylic acids is 4. The third-order valence-electron chi connectivity index (χ3n) is 17.9. The van der Waals surface area contributed by atoms with E-state index in [9.17, 15) is 20.4 Å². The summed E-state index contributed by atoms with van der Waals surface area (Å²) in [5.41, 5.74) is 8.18. The summed E-state index contributed by atoms with van der Waals surface area (Å²) in [6.07, 6.45) is -4.39. The molecule has 0 aliphatic carbocycles. The van der Waals surface area contributed by atoms with Crippen molar-refractivity contribution in [3.05, 3.63) is 111 Å². The molecule has 0 aromatic heterocycles. The third kappa shape index (κ3) is 12.0. The Labute approximate surface area is 507 Å². The number of rotatable bonds is 0. The molecule has 4 aliphatic rings. The number of esters is 4. The molecule has 85 heavy (non-hydrogen) atoms. The van der Waals surface area contributed by atoms with Crippen LogP contribution in [0.1, 0.15) is 303 Å². The minimum absolute atomic E-state index is 0.0167. The maximum absolute atomic E-state index is 15.1. The van der Waals surface area contributed by atoms with Gasteiger partial charge in [-0.1, -0.05) is 166 Å². The SMILES string of the molecule is CC(C)(C)c1c(O)c(C(C)(C)C)c2c3c1Cc1c4c(c(C(C)(C)C)c(O)c1C(C)(C)C)Cc1c5c(c(C(C)(C)C)c(O)c1C(C)(C)C)Cc1c(c(c(C(C)(C)C)c(O)c1C(C)(C)C)C2)CCC(=O)OC(OC(=O)CC3)(OC(=O)CC4)OC(=O)CC5. The van der Waals surface area contributed by atoms with E-state index in [1.165, 1.54) is 0 Å². The van der Waals surface area contributed by atoms with Gasteiger partial charge < -0.3 is 39.4 Å². The van der Waals surface area contributed by atoms with E-state index in [0.29, 0.717) is 44.5 Å². The molecular weight excluding hydrogens is 1070 g/mol. The van der Waals surface area contributed by atoms with Gasteiger partial charge in [-0.2, -0.15) is 0 Å². The molecule has 12 heteroatoms. The van der Waals surface area contributed by atoms with Gasteiger partial charge in [-0.15, -0.1) is 0 Å². The van der Waals surface area contributed by atoms with Crippen LogP contribution in [0.15, 0.2) is 0 Å². The van der Waals surface area contributed by atoms with Crippen LogP contribution in [0.2, 0.25) is 0 Å². The van der Waals surface area contributed by atoms with Crippen molar-refractivity contribution in [2.75, 3.05) is 0 Å². The normalized spacial score (nSPS) is 17.6. The van der Waals surface area contributed by atoms with Crippen molar-refractivity contribution in [3.8, 4) is 23.0 Å². The van der Waals surface area contributed by atoms with Gasteiger partial charge in [0.1, 0.15) is 23.0 Å². The Morgan fingerprint density at radius 1 is 0.235 bits per heavy atom. The second-order valence-electron chi connectivity index (χ2n) is 33.2. The first-order valence-electron chi connectivity index (χ1n) is 31.0.